The highest BCUT2D eigenvalue weighted by atomic mass is 32.2. The zero-order chi connectivity index (χ0) is 9.97. The van der Waals surface area contributed by atoms with Crippen molar-refractivity contribution in [2.24, 2.45) is 13.0 Å². The summed E-state index contributed by atoms with van der Waals surface area (Å²) in [6.45, 7) is 4.46. The van der Waals surface area contributed by atoms with Crippen LogP contribution in [0.1, 0.15) is 11.4 Å². The quantitative estimate of drug-likeness (QED) is 0.811. The molecule has 1 aromatic heterocycles. The Morgan fingerprint density at radius 1 is 1.64 bits per heavy atom. The number of aryl methyl sites for hydroxylation is 2. The van der Waals surface area contributed by atoms with Gasteiger partial charge in [0.15, 0.2) is 0 Å². The van der Waals surface area contributed by atoms with Crippen LogP contribution in [-0.2, 0) is 12.8 Å². The van der Waals surface area contributed by atoms with E-state index in [1.807, 2.05) is 30.4 Å². The normalized spacial score (nSPS) is 17.0. The molecule has 0 aliphatic carbocycles. The molecule has 0 atom stereocenters. The smallest absolute Gasteiger partial charge is 0.0596 e. The van der Waals surface area contributed by atoms with Crippen molar-refractivity contribution in [2.45, 2.75) is 12.7 Å². The SMILES string of the molecule is Cc1cc(CSCC2CNC2)n(C)n1. The van der Waals surface area contributed by atoms with Gasteiger partial charge in [0.1, 0.15) is 0 Å². The molecule has 1 aliphatic heterocycles. The maximum Gasteiger partial charge on any atom is 0.0596 e. The summed E-state index contributed by atoms with van der Waals surface area (Å²) in [5.74, 6) is 3.26. The van der Waals surface area contributed by atoms with E-state index in [9.17, 15) is 0 Å². The Balaban J connectivity index is 1.76. The van der Waals surface area contributed by atoms with E-state index >= 15 is 0 Å². The van der Waals surface area contributed by atoms with Crippen LogP contribution in [0.2, 0.25) is 0 Å². The predicted octanol–water partition coefficient (Wildman–Crippen LogP) is 1.18. The molecular formula is C10H17N3S. The van der Waals surface area contributed by atoms with Gasteiger partial charge in [0.2, 0.25) is 0 Å². The summed E-state index contributed by atoms with van der Waals surface area (Å²) in [7, 11) is 2.02. The molecular weight excluding hydrogens is 194 g/mol. The van der Waals surface area contributed by atoms with Crippen molar-refractivity contribution in [3.8, 4) is 0 Å². The van der Waals surface area contributed by atoms with Gasteiger partial charge in [-0.1, -0.05) is 0 Å². The van der Waals surface area contributed by atoms with E-state index in [2.05, 4.69) is 16.5 Å². The van der Waals surface area contributed by atoms with Crippen molar-refractivity contribution in [3.05, 3.63) is 17.5 Å². The van der Waals surface area contributed by atoms with Crippen LogP contribution in [0.4, 0.5) is 0 Å². The van der Waals surface area contributed by atoms with Gasteiger partial charge in [-0.05, 0) is 37.8 Å². The second-order valence-electron chi connectivity index (χ2n) is 3.94. The minimum Gasteiger partial charge on any atom is -0.316 e. The Morgan fingerprint density at radius 2 is 2.43 bits per heavy atom. The van der Waals surface area contributed by atoms with Crippen LogP contribution >= 0.6 is 11.8 Å². The molecule has 0 amide bonds. The minimum absolute atomic E-state index is 0.898. The Kier molecular flexibility index (Phi) is 3.13. The summed E-state index contributed by atoms with van der Waals surface area (Å²) in [4.78, 5) is 0. The summed E-state index contributed by atoms with van der Waals surface area (Å²) >= 11 is 2.02. The predicted molar refractivity (Wildman–Crippen MR) is 60.5 cm³/mol. The highest BCUT2D eigenvalue weighted by molar-refractivity contribution is 7.98. The molecule has 1 N–H and O–H groups in total. The molecule has 1 aromatic rings. The van der Waals surface area contributed by atoms with Gasteiger partial charge >= 0.3 is 0 Å². The molecule has 0 radical (unpaired) electrons. The number of hydrogen-bond acceptors (Lipinski definition) is 3. The zero-order valence-electron chi connectivity index (χ0n) is 8.79. The average molecular weight is 211 g/mol. The van der Waals surface area contributed by atoms with Crippen LogP contribution < -0.4 is 5.32 Å². The van der Waals surface area contributed by atoms with Gasteiger partial charge in [0.25, 0.3) is 0 Å². The molecule has 0 aromatic carbocycles. The van der Waals surface area contributed by atoms with Crippen molar-refractivity contribution >= 4 is 11.8 Å². The Morgan fingerprint density at radius 3 is 2.93 bits per heavy atom. The summed E-state index contributed by atoms with van der Waals surface area (Å²) in [6, 6.07) is 2.17. The zero-order valence-corrected chi connectivity index (χ0v) is 9.60. The first-order valence-electron chi connectivity index (χ1n) is 5.03. The van der Waals surface area contributed by atoms with Crippen molar-refractivity contribution < 1.29 is 0 Å². The van der Waals surface area contributed by atoms with Crippen molar-refractivity contribution in [3.63, 3.8) is 0 Å². The topological polar surface area (TPSA) is 29.9 Å². The fourth-order valence-electron chi connectivity index (χ4n) is 1.60. The molecule has 1 aliphatic rings. The van der Waals surface area contributed by atoms with E-state index in [-0.39, 0.29) is 0 Å². The van der Waals surface area contributed by atoms with Gasteiger partial charge < -0.3 is 5.32 Å². The molecule has 0 spiro atoms. The second-order valence-corrected chi connectivity index (χ2v) is 4.97. The van der Waals surface area contributed by atoms with Crippen LogP contribution in [0.5, 0.6) is 0 Å². The molecule has 4 heteroatoms. The lowest BCUT2D eigenvalue weighted by atomic mass is 10.1. The molecule has 3 nitrogen and oxygen atoms in total. The fourth-order valence-corrected chi connectivity index (χ4v) is 2.76. The molecule has 0 unspecified atom stereocenters. The monoisotopic (exact) mass is 211 g/mol. The van der Waals surface area contributed by atoms with E-state index in [4.69, 9.17) is 0 Å². The number of nitrogens with zero attached hydrogens (tertiary/aromatic N) is 2. The Bertz CT molecular complexity index is 304. The van der Waals surface area contributed by atoms with Crippen LogP contribution in [0.3, 0.4) is 0 Å². The van der Waals surface area contributed by atoms with Gasteiger partial charge in [-0.2, -0.15) is 16.9 Å². The number of nitrogens with one attached hydrogen (secondary N) is 1. The molecule has 78 valence electrons. The van der Waals surface area contributed by atoms with Gasteiger partial charge in [-0.3, -0.25) is 4.68 Å². The van der Waals surface area contributed by atoms with E-state index < -0.39 is 0 Å². The van der Waals surface area contributed by atoms with Gasteiger partial charge in [0.05, 0.1) is 5.69 Å². The lowest BCUT2D eigenvalue weighted by Crippen LogP contribution is -2.43. The van der Waals surface area contributed by atoms with E-state index in [0.717, 1.165) is 17.4 Å². The Labute approximate surface area is 89.3 Å². The number of hydrogen-bond donors (Lipinski definition) is 1. The fraction of sp³-hybridized carbons (Fsp3) is 0.700. The third-order valence-electron chi connectivity index (χ3n) is 2.57. The number of rotatable bonds is 4. The van der Waals surface area contributed by atoms with E-state index in [0.29, 0.717) is 0 Å². The van der Waals surface area contributed by atoms with Crippen LogP contribution in [0.15, 0.2) is 6.07 Å². The first-order chi connectivity index (χ1) is 6.75. The van der Waals surface area contributed by atoms with E-state index in [1.54, 1.807) is 0 Å². The van der Waals surface area contributed by atoms with Crippen molar-refractivity contribution in [1.29, 1.82) is 0 Å². The Hall–Kier alpha value is -0.480. The number of thioether (sulfide) groups is 1. The molecule has 14 heavy (non-hydrogen) atoms. The maximum absolute atomic E-state index is 4.33. The van der Waals surface area contributed by atoms with Crippen molar-refractivity contribution in [2.75, 3.05) is 18.8 Å². The van der Waals surface area contributed by atoms with Crippen LogP contribution in [-0.4, -0.2) is 28.6 Å². The second kappa shape index (κ2) is 4.36. The maximum atomic E-state index is 4.33. The first kappa shape index (κ1) is 10.1. The van der Waals surface area contributed by atoms with Crippen LogP contribution in [0.25, 0.3) is 0 Å². The summed E-state index contributed by atoms with van der Waals surface area (Å²) in [5, 5.41) is 7.63. The van der Waals surface area contributed by atoms with Crippen molar-refractivity contribution in [1.82, 2.24) is 15.1 Å². The number of aromatic nitrogens is 2. The average Bonchev–Trinajstić information content (AvgIpc) is 2.36. The standard InChI is InChI=1S/C10H17N3S/c1-8-3-10(13(2)12-8)7-14-6-9-4-11-5-9/h3,9,11H,4-7H2,1-2H3. The van der Waals surface area contributed by atoms with Gasteiger partial charge in [-0.15, -0.1) is 0 Å². The largest absolute Gasteiger partial charge is 0.316 e. The molecule has 2 rings (SSSR count). The lowest BCUT2D eigenvalue weighted by Gasteiger charge is -2.26. The molecule has 2 heterocycles. The van der Waals surface area contributed by atoms with Crippen LogP contribution in [0, 0.1) is 12.8 Å². The lowest BCUT2D eigenvalue weighted by molar-refractivity contribution is 0.385. The highest BCUT2D eigenvalue weighted by Crippen LogP contribution is 2.17. The molecule has 0 saturated carbocycles. The van der Waals surface area contributed by atoms with Gasteiger partial charge in [0, 0.05) is 18.5 Å². The third-order valence-corrected chi connectivity index (χ3v) is 3.78. The summed E-state index contributed by atoms with van der Waals surface area (Å²) in [5.41, 5.74) is 2.45. The molecule has 0 bridgehead atoms. The highest BCUT2D eigenvalue weighted by Gasteiger charge is 2.16. The van der Waals surface area contributed by atoms with Gasteiger partial charge in [-0.25, -0.2) is 0 Å². The third kappa shape index (κ3) is 2.30. The summed E-state index contributed by atoms with van der Waals surface area (Å²) in [6.07, 6.45) is 0. The van der Waals surface area contributed by atoms with E-state index in [1.165, 1.54) is 24.5 Å². The minimum atomic E-state index is 0.898. The molecule has 1 fully saturated rings. The summed E-state index contributed by atoms with van der Waals surface area (Å²) < 4.78 is 1.99. The first-order valence-corrected chi connectivity index (χ1v) is 6.19. The molecule has 1 saturated heterocycles.